The van der Waals surface area contributed by atoms with E-state index in [0.717, 1.165) is 36.9 Å². The van der Waals surface area contributed by atoms with Gasteiger partial charge in [-0.05, 0) is 49.6 Å². The molecule has 7 heteroatoms. The van der Waals surface area contributed by atoms with E-state index >= 15 is 0 Å². The van der Waals surface area contributed by atoms with Crippen LogP contribution in [0.2, 0.25) is 0 Å². The quantitative estimate of drug-likeness (QED) is 0.584. The molecule has 0 aromatic heterocycles. The van der Waals surface area contributed by atoms with Crippen LogP contribution in [0.4, 0.5) is 11.4 Å². The summed E-state index contributed by atoms with van der Waals surface area (Å²) in [5, 5.41) is 16.6. The van der Waals surface area contributed by atoms with Gasteiger partial charge in [0.1, 0.15) is 0 Å². The van der Waals surface area contributed by atoms with E-state index in [9.17, 15) is 19.7 Å². The number of nitro benzene ring substituents is 1. The smallest absolute Gasteiger partial charge is 0.272 e. The van der Waals surface area contributed by atoms with Gasteiger partial charge in [-0.1, -0.05) is 25.0 Å². The standard InChI is InChI=1S/C21H23N3O4/c1-14-11-17(9-10-19(14)24(27)28)20(25)22-13-15-5-4-8-18(12-15)23-21(26)16-6-2-3-7-16/h4-5,8-12,16H,2-3,6-7,13H2,1H3,(H,22,25)(H,23,26). The van der Waals surface area contributed by atoms with Crippen LogP contribution in [0, 0.1) is 23.0 Å². The molecule has 0 heterocycles. The Labute approximate surface area is 163 Å². The van der Waals surface area contributed by atoms with Crippen LogP contribution in [-0.4, -0.2) is 16.7 Å². The van der Waals surface area contributed by atoms with Crippen LogP contribution in [0.1, 0.15) is 47.2 Å². The van der Waals surface area contributed by atoms with Crippen molar-refractivity contribution in [3.05, 3.63) is 69.3 Å². The van der Waals surface area contributed by atoms with Crippen LogP contribution >= 0.6 is 0 Å². The third kappa shape index (κ3) is 4.73. The summed E-state index contributed by atoms with van der Waals surface area (Å²) >= 11 is 0. The van der Waals surface area contributed by atoms with Gasteiger partial charge in [0.2, 0.25) is 5.91 Å². The van der Waals surface area contributed by atoms with Crippen LogP contribution in [0.25, 0.3) is 0 Å². The summed E-state index contributed by atoms with van der Waals surface area (Å²) < 4.78 is 0. The number of nitrogens with one attached hydrogen (secondary N) is 2. The highest BCUT2D eigenvalue weighted by molar-refractivity contribution is 5.95. The normalized spacial score (nSPS) is 13.9. The second-order valence-electron chi connectivity index (χ2n) is 7.11. The van der Waals surface area contributed by atoms with E-state index in [1.54, 1.807) is 6.92 Å². The molecule has 0 bridgehead atoms. The molecular formula is C21H23N3O4. The Balaban J connectivity index is 1.59. The van der Waals surface area contributed by atoms with Crippen molar-refractivity contribution in [2.24, 2.45) is 5.92 Å². The first kappa shape index (κ1) is 19.5. The van der Waals surface area contributed by atoms with Crippen molar-refractivity contribution in [3.8, 4) is 0 Å². The Morgan fingerprint density at radius 1 is 1.14 bits per heavy atom. The molecule has 28 heavy (non-hydrogen) atoms. The zero-order chi connectivity index (χ0) is 20.1. The molecule has 2 aromatic carbocycles. The molecule has 1 fully saturated rings. The van der Waals surface area contributed by atoms with Gasteiger partial charge in [-0.3, -0.25) is 19.7 Å². The maximum Gasteiger partial charge on any atom is 0.272 e. The fourth-order valence-corrected chi connectivity index (χ4v) is 3.48. The largest absolute Gasteiger partial charge is 0.348 e. The number of aryl methyl sites for hydroxylation is 1. The average Bonchev–Trinajstić information content (AvgIpc) is 3.21. The molecule has 0 radical (unpaired) electrons. The minimum atomic E-state index is -0.470. The first-order valence-corrected chi connectivity index (χ1v) is 9.37. The van der Waals surface area contributed by atoms with Gasteiger partial charge in [-0.2, -0.15) is 0 Å². The van der Waals surface area contributed by atoms with E-state index in [1.807, 2.05) is 24.3 Å². The van der Waals surface area contributed by atoms with Gasteiger partial charge in [0, 0.05) is 35.3 Å². The van der Waals surface area contributed by atoms with Gasteiger partial charge in [0.15, 0.2) is 0 Å². The Morgan fingerprint density at radius 2 is 1.89 bits per heavy atom. The maximum atomic E-state index is 12.3. The topological polar surface area (TPSA) is 101 Å². The van der Waals surface area contributed by atoms with E-state index in [4.69, 9.17) is 0 Å². The first-order valence-electron chi connectivity index (χ1n) is 9.37. The number of nitro groups is 1. The van der Waals surface area contributed by atoms with Crippen molar-refractivity contribution in [1.82, 2.24) is 5.32 Å². The second kappa shape index (κ2) is 8.65. The molecule has 2 aromatic rings. The zero-order valence-electron chi connectivity index (χ0n) is 15.7. The minimum absolute atomic E-state index is 0.0118. The summed E-state index contributed by atoms with van der Waals surface area (Å²) in [6, 6.07) is 11.7. The molecule has 0 atom stereocenters. The molecule has 1 aliphatic carbocycles. The third-order valence-corrected chi connectivity index (χ3v) is 5.03. The molecule has 0 aliphatic heterocycles. The molecule has 0 unspecified atom stereocenters. The molecule has 1 saturated carbocycles. The fraction of sp³-hybridized carbons (Fsp3) is 0.333. The zero-order valence-corrected chi connectivity index (χ0v) is 15.7. The lowest BCUT2D eigenvalue weighted by atomic mass is 10.1. The Morgan fingerprint density at radius 3 is 2.57 bits per heavy atom. The van der Waals surface area contributed by atoms with Crippen molar-refractivity contribution in [2.45, 2.75) is 39.2 Å². The molecule has 2 amide bonds. The minimum Gasteiger partial charge on any atom is -0.348 e. The van der Waals surface area contributed by atoms with E-state index in [-0.39, 0.29) is 23.4 Å². The summed E-state index contributed by atoms with van der Waals surface area (Å²) in [7, 11) is 0. The van der Waals surface area contributed by atoms with E-state index in [2.05, 4.69) is 10.6 Å². The highest BCUT2D eigenvalue weighted by Gasteiger charge is 2.22. The predicted octanol–water partition coefficient (Wildman–Crippen LogP) is 3.96. The van der Waals surface area contributed by atoms with Gasteiger partial charge < -0.3 is 10.6 Å². The first-order chi connectivity index (χ1) is 13.4. The third-order valence-electron chi connectivity index (χ3n) is 5.03. The van der Waals surface area contributed by atoms with E-state index in [0.29, 0.717) is 17.7 Å². The van der Waals surface area contributed by atoms with Crippen molar-refractivity contribution < 1.29 is 14.5 Å². The maximum absolute atomic E-state index is 12.3. The molecule has 0 saturated heterocycles. The number of carbonyl (C=O) groups is 2. The van der Waals surface area contributed by atoms with Crippen LogP contribution < -0.4 is 10.6 Å². The van der Waals surface area contributed by atoms with E-state index < -0.39 is 4.92 Å². The van der Waals surface area contributed by atoms with Crippen molar-refractivity contribution >= 4 is 23.2 Å². The van der Waals surface area contributed by atoms with Crippen LogP contribution in [0.15, 0.2) is 42.5 Å². The van der Waals surface area contributed by atoms with Gasteiger partial charge in [-0.15, -0.1) is 0 Å². The molecule has 3 rings (SSSR count). The lowest BCUT2D eigenvalue weighted by Gasteiger charge is -2.12. The van der Waals surface area contributed by atoms with Gasteiger partial charge in [0.25, 0.3) is 11.6 Å². The lowest BCUT2D eigenvalue weighted by Crippen LogP contribution is -2.23. The van der Waals surface area contributed by atoms with Crippen molar-refractivity contribution in [2.75, 3.05) is 5.32 Å². The summed E-state index contributed by atoms with van der Waals surface area (Å²) in [6.07, 6.45) is 4.09. The molecule has 1 aliphatic rings. The van der Waals surface area contributed by atoms with E-state index in [1.165, 1.54) is 18.2 Å². The molecule has 146 valence electrons. The lowest BCUT2D eigenvalue weighted by molar-refractivity contribution is -0.385. The Bertz CT molecular complexity index is 904. The average molecular weight is 381 g/mol. The van der Waals surface area contributed by atoms with Gasteiger partial charge in [0.05, 0.1) is 4.92 Å². The molecular weight excluding hydrogens is 358 g/mol. The number of rotatable bonds is 6. The monoisotopic (exact) mass is 381 g/mol. The fourth-order valence-electron chi connectivity index (χ4n) is 3.48. The number of hydrogen-bond donors (Lipinski definition) is 2. The highest BCUT2D eigenvalue weighted by Crippen LogP contribution is 2.26. The number of nitrogens with zero attached hydrogens (tertiary/aromatic N) is 1. The number of carbonyl (C=O) groups excluding carboxylic acids is 2. The van der Waals surface area contributed by atoms with Crippen LogP contribution in [0.5, 0.6) is 0 Å². The molecule has 0 spiro atoms. The summed E-state index contributed by atoms with van der Waals surface area (Å²) in [6.45, 7) is 1.90. The second-order valence-corrected chi connectivity index (χ2v) is 7.11. The number of hydrogen-bond acceptors (Lipinski definition) is 4. The van der Waals surface area contributed by atoms with Gasteiger partial charge in [-0.25, -0.2) is 0 Å². The van der Waals surface area contributed by atoms with Crippen LogP contribution in [0.3, 0.4) is 0 Å². The number of benzene rings is 2. The number of amides is 2. The van der Waals surface area contributed by atoms with Crippen molar-refractivity contribution in [3.63, 3.8) is 0 Å². The predicted molar refractivity (Wildman–Crippen MR) is 106 cm³/mol. The summed E-state index contributed by atoms with van der Waals surface area (Å²) in [4.78, 5) is 35.0. The highest BCUT2D eigenvalue weighted by atomic mass is 16.6. The summed E-state index contributed by atoms with van der Waals surface area (Å²) in [5.41, 5.74) is 2.37. The summed E-state index contributed by atoms with van der Waals surface area (Å²) in [5.74, 6) is -0.160. The van der Waals surface area contributed by atoms with Gasteiger partial charge >= 0.3 is 0 Å². The number of anilines is 1. The Kier molecular flexibility index (Phi) is 6.03. The SMILES string of the molecule is Cc1cc(C(=O)NCc2cccc(NC(=O)C3CCCC3)c2)ccc1[N+](=O)[O-]. The molecule has 2 N–H and O–H groups in total. The van der Waals surface area contributed by atoms with Crippen molar-refractivity contribution in [1.29, 1.82) is 0 Å². The van der Waals surface area contributed by atoms with Crippen LogP contribution in [-0.2, 0) is 11.3 Å². The Hall–Kier alpha value is -3.22. The molecule has 7 nitrogen and oxygen atoms in total.